The summed E-state index contributed by atoms with van der Waals surface area (Å²) in [7, 11) is 3.20. The van der Waals surface area contributed by atoms with E-state index in [-0.39, 0.29) is 84.9 Å². The number of anilines is 1. The van der Waals surface area contributed by atoms with Crippen LogP contribution in [0.4, 0.5) is 19.4 Å². The average Bonchev–Trinajstić information content (AvgIpc) is 3.86. The van der Waals surface area contributed by atoms with Crippen LogP contribution in [-0.4, -0.2) is 97.9 Å². The first-order valence-corrected chi connectivity index (χ1v) is 27.7. The molecule has 72 heavy (non-hydrogen) atoms. The molecule has 1 aliphatic carbocycles. The monoisotopic (exact) mass is 1120 g/mol. The van der Waals surface area contributed by atoms with Crippen LogP contribution < -0.4 is 52.2 Å². The molecule has 4 aliphatic heterocycles. The summed E-state index contributed by atoms with van der Waals surface area (Å²) < 4.78 is 49.3. The number of carbonyl (C=O) groups is 4. The summed E-state index contributed by atoms with van der Waals surface area (Å²) in [6.07, 6.45) is 6.60. The van der Waals surface area contributed by atoms with Gasteiger partial charge in [0.2, 0.25) is 11.8 Å². The number of methoxy groups -OCH3 is 1. The van der Waals surface area contributed by atoms with E-state index in [0.29, 0.717) is 40.2 Å². The van der Waals surface area contributed by atoms with Crippen molar-refractivity contribution in [2.45, 2.75) is 92.6 Å². The second-order valence-electron chi connectivity index (χ2n) is 20.2. The summed E-state index contributed by atoms with van der Waals surface area (Å²) in [5, 5.41) is 11.4. The molecule has 10 rings (SSSR count). The van der Waals surface area contributed by atoms with Crippen LogP contribution in [0.3, 0.4) is 0 Å². The zero-order valence-corrected chi connectivity index (χ0v) is 43.9. The van der Waals surface area contributed by atoms with E-state index in [9.17, 15) is 19.2 Å². The summed E-state index contributed by atoms with van der Waals surface area (Å²) in [4.78, 5) is 54.8. The molecule has 4 N–H and O–H groups in total. The molecular weight excluding hydrogens is 1060 g/mol. The minimum atomic E-state index is -1.07. The first-order valence-electron chi connectivity index (χ1n) is 25.1. The Morgan fingerprint density at radius 2 is 1.71 bits per heavy atom. The molecule has 5 aliphatic rings. The maximum absolute atomic E-state index is 16.3. The SMILES string of the molecule is COc1ccc(C(N)=O)c(-c2c(Cl)c(F)cc3c2C(C)[C@@](CNC2CCC(C(=O)N4CCC([I-]N5CCC(c6ccc7c(N8CCC(=O)NC8=O)nn(C)c7c6)CC5)[C@@H](C)C4)CC2)(c2ccccc2)O3)c1F. The number of primary amides is 1. The molecule has 5 amide bonds. The van der Waals surface area contributed by atoms with Gasteiger partial charge in [0.05, 0.1) is 17.7 Å². The number of ether oxygens (including phenoxy) is 2. The standard InChI is InChI=1S/C54H61ClF2IN8O6/c1-30-28-64(22-20-40(30)58-65-23-18-32(19-24-65)34-12-15-37-41(26-34)63(3)62-51(37)66-25-21-44(67)61-53(66)70)52(69)33-10-13-36(14-11-33)60-29-54(35-8-6-5-7-9-35)31(2)45-43(72-54)27-39(56)48(55)47(45)46-38(50(59)68)16-17-42(71-4)49(46)57/h5-9,12,15-17,26-27,30-33,36,40,60H,10-11,13-14,18-25,28-29H2,1-4H3,(H2,59,68)(H,61,67,70)/q-1/t30-,31?,33?,36?,40?,54-/m0/s1. The molecule has 3 saturated heterocycles. The molecule has 14 nitrogen and oxygen atoms in total. The number of nitrogens with zero attached hydrogens (tertiary/aromatic N) is 5. The summed E-state index contributed by atoms with van der Waals surface area (Å²) in [5.41, 5.74) is 7.86. The molecule has 1 aromatic heterocycles. The molecule has 4 fully saturated rings. The first kappa shape index (κ1) is 50.2. The van der Waals surface area contributed by atoms with Gasteiger partial charge in [-0.1, -0.05) is 48.9 Å². The Kier molecular flexibility index (Phi) is 14.3. The molecule has 4 aromatic carbocycles. The van der Waals surface area contributed by atoms with Crippen LogP contribution in [0.5, 0.6) is 11.5 Å². The van der Waals surface area contributed by atoms with E-state index in [1.165, 1.54) is 30.9 Å². The number of aromatic nitrogens is 2. The summed E-state index contributed by atoms with van der Waals surface area (Å²) >= 11 is 6.52. The van der Waals surface area contributed by atoms with Gasteiger partial charge in [0.15, 0.2) is 11.6 Å². The van der Waals surface area contributed by atoms with Crippen molar-refractivity contribution in [3.8, 4) is 22.6 Å². The number of hydrogen-bond donors (Lipinski definition) is 3. The fourth-order valence-electron chi connectivity index (χ4n) is 11.9. The van der Waals surface area contributed by atoms with Gasteiger partial charge in [-0.2, -0.15) is 0 Å². The Bertz CT molecular complexity index is 2930. The van der Waals surface area contributed by atoms with Crippen molar-refractivity contribution in [1.29, 1.82) is 0 Å². The largest absolute Gasteiger partial charge is 0.480 e. The third kappa shape index (κ3) is 9.31. The predicted octanol–water partition coefficient (Wildman–Crippen LogP) is 5.39. The van der Waals surface area contributed by atoms with Gasteiger partial charge in [-0.3, -0.25) is 9.59 Å². The fourth-order valence-corrected chi connectivity index (χ4v) is 15.6. The van der Waals surface area contributed by atoms with E-state index < -0.39 is 35.1 Å². The maximum atomic E-state index is 16.3. The molecule has 0 bridgehead atoms. The van der Waals surface area contributed by atoms with Crippen LogP contribution in [0, 0.1) is 23.5 Å². The van der Waals surface area contributed by atoms with E-state index in [1.54, 1.807) is 4.90 Å². The molecule has 1 saturated carbocycles. The van der Waals surface area contributed by atoms with Crippen LogP contribution in [0.1, 0.15) is 104 Å². The Labute approximate surface area is 433 Å². The number of benzene rings is 4. The molecule has 5 heterocycles. The topological polar surface area (TPSA) is 164 Å². The van der Waals surface area contributed by atoms with Gasteiger partial charge in [0.25, 0.3) is 0 Å². The second kappa shape index (κ2) is 20.5. The minimum Gasteiger partial charge on any atom is -0.480 e. The second-order valence-corrected chi connectivity index (χ2v) is 24.1. The third-order valence-corrected chi connectivity index (χ3v) is 20.6. The van der Waals surface area contributed by atoms with Crippen molar-refractivity contribution in [2.24, 2.45) is 24.6 Å². The number of urea groups is 1. The van der Waals surface area contributed by atoms with Gasteiger partial charge >= 0.3 is 255 Å². The number of halogens is 4. The zero-order valence-electron chi connectivity index (χ0n) is 41.0. The van der Waals surface area contributed by atoms with Gasteiger partial charge in [-0.15, -0.1) is 0 Å². The van der Waals surface area contributed by atoms with Crippen molar-refractivity contribution in [1.82, 2.24) is 28.4 Å². The Morgan fingerprint density at radius 1 is 0.958 bits per heavy atom. The molecule has 18 heteroatoms. The molecule has 382 valence electrons. The van der Waals surface area contributed by atoms with Gasteiger partial charge in [0.1, 0.15) is 11.6 Å². The number of nitrogens with one attached hydrogen (secondary N) is 2. The van der Waals surface area contributed by atoms with Crippen LogP contribution in [0.2, 0.25) is 5.02 Å². The predicted molar refractivity (Wildman–Crippen MR) is 267 cm³/mol. The Balaban J connectivity index is 0.736. The third-order valence-electron chi connectivity index (χ3n) is 15.9. The number of fused-ring (bicyclic) bond motifs is 2. The van der Waals surface area contributed by atoms with Crippen molar-refractivity contribution < 1.29 is 58.9 Å². The number of imide groups is 1. The van der Waals surface area contributed by atoms with Gasteiger partial charge < -0.3 is 15.2 Å². The normalized spacial score (nSPS) is 25.1. The van der Waals surface area contributed by atoms with Crippen LogP contribution >= 0.6 is 11.6 Å². The van der Waals surface area contributed by atoms with E-state index >= 15 is 8.78 Å². The molecule has 4 atom stereocenters. The summed E-state index contributed by atoms with van der Waals surface area (Å²) in [6.45, 7) is 8.64. The number of rotatable bonds is 12. The number of nitrogens with two attached hydrogens (primary N) is 1. The van der Waals surface area contributed by atoms with Crippen LogP contribution in [0.25, 0.3) is 22.0 Å². The van der Waals surface area contributed by atoms with Crippen LogP contribution in [-0.2, 0) is 22.2 Å². The van der Waals surface area contributed by atoms with E-state index in [0.717, 1.165) is 87.6 Å². The molecule has 5 aromatic rings. The number of hydrogen-bond acceptors (Lipinski definition) is 9. The number of likely N-dealkylation sites (tertiary alicyclic amines) is 1. The number of alkyl halides is 1. The summed E-state index contributed by atoms with van der Waals surface area (Å²) in [6, 6.07) is 19.7. The number of amides is 5. The number of carbonyl (C=O) groups excluding carboxylic acids is 4. The summed E-state index contributed by atoms with van der Waals surface area (Å²) in [5.74, 6) is -1.63. The molecular formula is C54H61ClF2IN8O6-. The molecule has 0 spiro atoms. The van der Waals surface area contributed by atoms with E-state index in [2.05, 4.69) is 48.9 Å². The smallest absolute Gasteiger partial charge is 0.173 e. The minimum absolute atomic E-state index is 0.00252. The molecule has 0 radical (unpaired) electrons. The van der Waals surface area contributed by atoms with Crippen LogP contribution in [0.15, 0.2) is 66.7 Å². The fraction of sp³-hybridized carbons (Fsp3) is 0.463. The molecule has 2 unspecified atom stereocenters. The van der Waals surface area contributed by atoms with Gasteiger partial charge in [-0.25, -0.2) is 8.78 Å². The van der Waals surface area contributed by atoms with Crippen molar-refractivity contribution in [3.05, 3.63) is 106 Å². The van der Waals surface area contributed by atoms with E-state index in [1.807, 2.05) is 49.0 Å². The van der Waals surface area contributed by atoms with Gasteiger partial charge in [-0.05, 0) is 17.7 Å². The van der Waals surface area contributed by atoms with Gasteiger partial charge in [0, 0.05) is 28.7 Å². The van der Waals surface area contributed by atoms with Crippen molar-refractivity contribution >= 4 is 52.1 Å². The average molecular weight is 1120 g/mol. The number of aryl methyl sites for hydroxylation is 1. The van der Waals surface area contributed by atoms with Crippen molar-refractivity contribution in [2.75, 3.05) is 51.3 Å². The maximum Gasteiger partial charge on any atom is 0.173 e. The number of piperidine rings is 2. The first-order chi connectivity index (χ1) is 34.6. The quantitative estimate of drug-likeness (QED) is 0.0846. The Hall–Kier alpha value is -5.37. The zero-order chi connectivity index (χ0) is 50.6. The van der Waals surface area contributed by atoms with E-state index in [4.69, 9.17) is 26.8 Å². The van der Waals surface area contributed by atoms with Crippen molar-refractivity contribution in [3.63, 3.8) is 0 Å². The Morgan fingerprint density at radius 3 is 2.40 bits per heavy atom.